The number of halogens is 1. The van der Waals surface area contributed by atoms with Gasteiger partial charge >= 0.3 is 0 Å². The summed E-state index contributed by atoms with van der Waals surface area (Å²) in [7, 11) is 1.85. The number of nitrogens with one attached hydrogen (secondary N) is 2. The van der Waals surface area contributed by atoms with E-state index in [0.717, 1.165) is 12.8 Å². The van der Waals surface area contributed by atoms with Crippen LogP contribution in [0.15, 0.2) is 24.3 Å². The molecule has 1 atom stereocenters. The number of hydrogen-bond donors (Lipinski definition) is 2. The van der Waals surface area contributed by atoms with E-state index in [1.165, 1.54) is 5.56 Å². The van der Waals surface area contributed by atoms with Crippen molar-refractivity contribution >= 4 is 24.1 Å². The zero-order valence-corrected chi connectivity index (χ0v) is 14.5. The van der Waals surface area contributed by atoms with E-state index in [4.69, 9.17) is 0 Å². The number of likely N-dealkylation sites (N-methyl/N-ethyl adjacent to an activating group) is 1. The van der Waals surface area contributed by atoms with Crippen LogP contribution in [0.3, 0.4) is 0 Å². The van der Waals surface area contributed by atoms with Crippen molar-refractivity contribution in [2.45, 2.75) is 45.6 Å². The van der Waals surface area contributed by atoms with E-state index in [1.54, 1.807) is 0 Å². The molecule has 0 bridgehead atoms. The maximum Gasteiger partial charge on any atom is 0.220 e. The van der Waals surface area contributed by atoms with E-state index >= 15 is 0 Å². The second-order valence-corrected chi connectivity index (χ2v) is 5.36. The first-order chi connectivity index (χ1) is 10.1. The Bertz CT molecular complexity index is 460. The largest absolute Gasteiger partial charge is 0.355 e. The fourth-order valence-corrected chi connectivity index (χ4v) is 1.97. The molecule has 1 aromatic rings. The van der Waals surface area contributed by atoms with Crippen LogP contribution < -0.4 is 10.6 Å². The smallest absolute Gasteiger partial charge is 0.220 e. The van der Waals surface area contributed by atoms with E-state index in [2.05, 4.69) is 17.6 Å². The van der Waals surface area contributed by atoms with Gasteiger partial charge in [-0.25, -0.2) is 0 Å². The summed E-state index contributed by atoms with van der Waals surface area (Å²) in [6.07, 6.45) is 2.62. The Morgan fingerprint density at radius 1 is 1.14 bits per heavy atom. The fraction of sp³-hybridized carbons (Fsp3) is 0.529. The molecule has 0 heterocycles. The number of benzene rings is 1. The average Bonchev–Trinajstić information content (AvgIpc) is 2.51. The van der Waals surface area contributed by atoms with Crippen molar-refractivity contribution in [3.05, 3.63) is 35.4 Å². The number of amides is 1. The maximum atomic E-state index is 12.0. The highest BCUT2D eigenvalue weighted by Crippen LogP contribution is 2.09. The van der Waals surface area contributed by atoms with Crippen molar-refractivity contribution in [2.75, 3.05) is 13.6 Å². The highest BCUT2D eigenvalue weighted by molar-refractivity contribution is 5.97. The molecule has 0 radical (unpaired) electrons. The summed E-state index contributed by atoms with van der Waals surface area (Å²) in [4.78, 5) is 23.7. The van der Waals surface area contributed by atoms with E-state index in [-0.39, 0.29) is 43.0 Å². The Morgan fingerprint density at radius 2 is 1.77 bits per heavy atom. The van der Waals surface area contributed by atoms with Crippen LogP contribution in [-0.2, 0) is 11.2 Å². The third-order valence-electron chi connectivity index (χ3n) is 3.49. The third-order valence-corrected chi connectivity index (χ3v) is 3.49. The Morgan fingerprint density at radius 3 is 2.32 bits per heavy atom. The molecule has 0 aliphatic heterocycles. The lowest BCUT2D eigenvalue weighted by atomic mass is 10.0. The minimum Gasteiger partial charge on any atom is -0.355 e. The highest BCUT2D eigenvalue weighted by atomic mass is 35.5. The zero-order chi connectivity index (χ0) is 15.7. The van der Waals surface area contributed by atoms with Crippen LogP contribution >= 0.6 is 12.4 Å². The molecule has 124 valence electrons. The SMILES string of the molecule is CCCc1ccc(C(=O)CCC(=O)NCC(C)NC)cc1.Cl. The van der Waals surface area contributed by atoms with Gasteiger partial charge in [0, 0.05) is 31.0 Å². The summed E-state index contributed by atoms with van der Waals surface area (Å²) >= 11 is 0. The molecule has 1 aromatic carbocycles. The number of carbonyl (C=O) groups is 2. The molecule has 0 saturated carbocycles. The van der Waals surface area contributed by atoms with Crippen LogP contribution in [0.4, 0.5) is 0 Å². The molecule has 22 heavy (non-hydrogen) atoms. The Labute approximate surface area is 139 Å². The number of aryl methyl sites for hydroxylation is 1. The quantitative estimate of drug-likeness (QED) is 0.686. The fourth-order valence-electron chi connectivity index (χ4n) is 1.97. The predicted octanol–water partition coefficient (Wildman–Crippen LogP) is 2.75. The minimum absolute atomic E-state index is 0. The molecule has 2 N–H and O–H groups in total. The topological polar surface area (TPSA) is 58.2 Å². The van der Waals surface area contributed by atoms with Crippen molar-refractivity contribution in [2.24, 2.45) is 0 Å². The summed E-state index contributed by atoms with van der Waals surface area (Å²) in [5.74, 6) is -0.0529. The van der Waals surface area contributed by atoms with Crippen molar-refractivity contribution in [1.82, 2.24) is 10.6 Å². The van der Waals surface area contributed by atoms with Gasteiger partial charge in [0.25, 0.3) is 0 Å². The van der Waals surface area contributed by atoms with Gasteiger partial charge in [0.2, 0.25) is 5.91 Å². The average molecular weight is 327 g/mol. The van der Waals surface area contributed by atoms with Gasteiger partial charge in [0.05, 0.1) is 0 Å². The lowest BCUT2D eigenvalue weighted by molar-refractivity contribution is -0.121. The van der Waals surface area contributed by atoms with Crippen LogP contribution in [0.1, 0.15) is 49.0 Å². The summed E-state index contributed by atoms with van der Waals surface area (Å²) in [5, 5.41) is 5.86. The number of carbonyl (C=O) groups excluding carboxylic acids is 2. The Balaban J connectivity index is 0.00000441. The first-order valence-electron chi connectivity index (χ1n) is 7.63. The first-order valence-corrected chi connectivity index (χ1v) is 7.63. The second kappa shape index (κ2) is 11.2. The molecule has 0 aromatic heterocycles. The maximum absolute atomic E-state index is 12.0. The van der Waals surface area contributed by atoms with Gasteiger partial charge < -0.3 is 10.6 Å². The van der Waals surface area contributed by atoms with Crippen LogP contribution in [0, 0.1) is 0 Å². The number of ketones is 1. The molecule has 1 amide bonds. The molecule has 5 heteroatoms. The lowest BCUT2D eigenvalue weighted by Gasteiger charge is -2.11. The minimum atomic E-state index is -0.0759. The molecule has 1 unspecified atom stereocenters. The second-order valence-electron chi connectivity index (χ2n) is 5.36. The molecular weight excluding hydrogens is 300 g/mol. The third kappa shape index (κ3) is 7.57. The summed E-state index contributed by atoms with van der Waals surface area (Å²) in [6, 6.07) is 7.93. The van der Waals surface area contributed by atoms with Gasteiger partial charge in [-0.1, -0.05) is 37.6 Å². The van der Waals surface area contributed by atoms with Crippen molar-refractivity contribution in [3.8, 4) is 0 Å². The van der Waals surface area contributed by atoms with Gasteiger partial charge in [-0.15, -0.1) is 12.4 Å². The first kappa shape index (κ1) is 20.6. The molecule has 0 aliphatic rings. The van der Waals surface area contributed by atoms with Gasteiger partial charge in [0.1, 0.15) is 0 Å². The summed E-state index contributed by atoms with van der Waals surface area (Å²) in [6.45, 7) is 4.70. The van der Waals surface area contributed by atoms with Gasteiger partial charge in [-0.3, -0.25) is 9.59 Å². The van der Waals surface area contributed by atoms with Crippen molar-refractivity contribution in [3.63, 3.8) is 0 Å². The van der Waals surface area contributed by atoms with Crippen molar-refractivity contribution in [1.29, 1.82) is 0 Å². The lowest BCUT2D eigenvalue weighted by Crippen LogP contribution is -2.37. The van der Waals surface area contributed by atoms with Gasteiger partial charge in [0.15, 0.2) is 5.78 Å². The van der Waals surface area contributed by atoms with E-state index in [9.17, 15) is 9.59 Å². The normalized spacial score (nSPS) is 11.4. The zero-order valence-electron chi connectivity index (χ0n) is 13.6. The molecule has 4 nitrogen and oxygen atoms in total. The Hall–Kier alpha value is -1.39. The van der Waals surface area contributed by atoms with E-state index in [1.807, 2.05) is 38.2 Å². The Kier molecular flexibility index (Phi) is 10.5. The standard InChI is InChI=1S/C17H26N2O2.ClH/c1-4-5-14-6-8-15(9-7-14)16(20)10-11-17(21)19-12-13(2)18-3;/h6-9,13,18H,4-5,10-12H2,1-3H3,(H,19,21);1H. The number of hydrogen-bond acceptors (Lipinski definition) is 3. The van der Waals surface area contributed by atoms with Crippen LogP contribution in [0.5, 0.6) is 0 Å². The van der Waals surface area contributed by atoms with Crippen LogP contribution in [-0.4, -0.2) is 31.3 Å². The van der Waals surface area contributed by atoms with Crippen LogP contribution in [0.2, 0.25) is 0 Å². The summed E-state index contributed by atoms with van der Waals surface area (Å²) in [5.41, 5.74) is 1.93. The molecule has 0 saturated heterocycles. The molecule has 0 aliphatic carbocycles. The highest BCUT2D eigenvalue weighted by Gasteiger charge is 2.10. The molecule has 1 rings (SSSR count). The van der Waals surface area contributed by atoms with Crippen molar-refractivity contribution < 1.29 is 9.59 Å². The molecular formula is C17H27ClN2O2. The monoisotopic (exact) mass is 326 g/mol. The van der Waals surface area contributed by atoms with Crippen LogP contribution in [0.25, 0.3) is 0 Å². The summed E-state index contributed by atoms with van der Waals surface area (Å²) < 4.78 is 0. The van der Waals surface area contributed by atoms with E-state index in [0.29, 0.717) is 12.1 Å². The molecule has 0 fully saturated rings. The number of Topliss-reactive ketones (excluding diaryl/α,β-unsaturated/α-hetero) is 1. The van der Waals surface area contributed by atoms with E-state index < -0.39 is 0 Å². The van der Waals surface area contributed by atoms with Gasteiger partial charge in [-0.05, 0) is 26.0 Å². The van der Waals surface area contributed by atoms with Gasteiger partial charge in [-0.2, -0.15) is 0 Å². The predicted molar refractivity (Wildman–Crippen MR) is 92.8 cm³/mol. The molecule has 0 spiro atoms. The number of rotatable bonds is 9.